The first-order chi connectivity index (χ1) is 5.79. The number of hydrogen-bond donors (Lipinski definition) is 2. The van der Waals surface area contributed by atoms with Crippen molar-refractivity contribution < 1.29 is 0 Å². The highest BCUT2D eigenvalue weighted by atomic mass is 14.9. The van der Waals surface area contributed by atoms with Crippen molar-refractivity contribution >= 4 is 0 Å². The van der Waals surface area contributed by atoms with Crippen molar-refractivity contribution in [3.05, 3.63) is 0 Å². The van der Waals surface area contributed by atoms with Crippen molar-refractivity contribution in [3.8, 4) is 0 Å². The van der Waals surface area contributed by atoms with Gasteiger partial charge >= 0.3 is 0 Å². The van der Waals surface area contributed by atoms with Crippen LogP contribution in [-0.4, -0.2) is 25.7 Å². The third-order valence-electron chi connectivity index (χ3n) is 2.50. The van der Waals surface area contributed by atoms with Crippen molar-refractivity contribution in [2.75, 3.05) is 19.6 Å². The summed E-state index contributed by atoms with van der Waals surface area (Å²) in [5.74, 6) is 0.921. The van der Waals surface area contributed by atoms with E-state index in [1.54, 1.807) is 0 Å². The number of nitrogens with one attached hydrogen (secondary N) is 2. The molecule has 2 heteroatoms. The summed E-state index contributed by atoms with van der Waals surface area (Å²) in [5.41, 5.74) is 0. The second-order valence-electron chi connectivity index (χ2n) is 4.11. The molecule has 1 atom stereocenters. The van der Waals surface area contributed by atoms with Gasteiger partial charge < -0.3 is 10.6 Å². The molecule has 0 aromatic carbocycles. The highest BCUT2D eigenvalue weighted by Crippen LogP contribution is 2.12. The molecule has 1 fully saturated rings. The van der Waals surface area contributed by atoms with Crippen LogP contribution in [0.3, 0.4) is 0 Å². The van der Waals surface area contributed by atoms with Crippen molar-refractivity contribution in [2.45, 2.75) is 39.2 Å². The second kappa shape index (κ2) is 5.55. The summed E-state index contributed by atoms with van der Waals surface area (Å²) in [6, 6.07) is 0.640. The quantitative estimate of drug-likeness (QED) is 0.666. The van der Waals surface area contributed by atoms with E-state index in [0.29, 0.717) is 6.04 Å². The molecule has 0 radical (unpaired) electrons. The van der Waals surface area contributed by atoms with E-state index in [-0.39, 0.29) is 0 Å². The van der Waals surface area contributed by atoms with Gasteiger partial charge in [-0.15, -0.1) is 0 Å². The molecule has 0 aliphatic carbocycles. The monoisotopic (exact) mass is 170 g/mol. The molecule has 0 aromatic heterocycles. The summed E-state index contributed by atoms with van der Waals surface area (Å²) in [5, 5.41) is 6.91. The van der Waals surface area contributed by atoms with Crippen LogP contribution < -0.4 is 10.6 Å². The van der Waals surface area contributed by atoms with Gasteiger partial charge in [-0.2, -0.15) is 0 Å². The molecule has 1 heterocycles. The van der Waals surface area contributed by atoms with E-state index in [2.05, 4.69) is 24.5 Å². The molecule has 0 amide bonds. The molecule has 0 aromatic rings. The first kappa shape index (κ1) is 10.0. The normalized spacial score (nSPS) is 24.8. The zero-order chi connectivity index (χ0) is 8.81. The molecule has 72 valence electrons. The molecular weight excluding hydrogens is 148 g/mol. The molecule has 0 spiro atoms. The predicted octanol–water partition coefficient (Wildman–Crippen LogP) is 1.37. The molecule has 0 saturated carbocycles. The van der Waals surface area contributed by atoms with Crippen LogP contribution >= 0.6 is 0 Å². The van der Waals surface area contributed by atoms with Crippen LogP contribution in [0.1, 0.15) is 33.1 Å². The van der Waals surface area contributed by atoms with Crippen molar-refractivity contribution in [1.29, 1.82) is 0 Å². The zero-order valence-electron chi connectivity index (χ0n) is 8.40. The van der Waals surface area contributed by atoms with Crippen LogP contribution in [0.2, 0.25) is 0 Å². The molecule has 0 bridgehead atoms. The van der Waals surface area contributed by atoms with Gasteiger partial charge in [-0.1, -0.05) is 13.8 Å². The maximum atomic E-state index is 3.46. The molecule has 0 unspecified atom stereocenters. The molecule has 1 rings (SSSR count). The van der Waals surface area contributed by atoms with E-state index in [1.165, 1.54) is 38.9 Å². The summed E-state index contributed by atoms with van der Waals surface area (Å²) in [6.45, 7) is 8.07. The van der Waals surface area contributed by atoms with Gasteiger partial charge in [-0.3, -0.25) is 0 Å². The van der Waals surface area contributed by atoms with Gasteiger partial charge in [0.05, 0.1) is 0 Å². The Kier molecular flexibility index (Phi) is 4.62. The second-order valence-corrected chi connectivity index (χ2v) is 4.11. The van der Waals surface area contributed by atoms with Gasteiger partial charge in [-0.05, 0) is 44.8 Å². The van der Waals surface area contributed by atoms with E-state index in [0.717, 1.165) is 5.92 Å². The number of piperidine rings is 1. The van der Waals surface area contributed by atoms with Crippen molar-refractivity contribution in [2.24, 2.45) is 5.92 Å². The molecule has 1 saturated heterocycles. The Morgan fingerprint density at radius 2 is 2.33 bits per heavy atom. The topological polar surface area (TPSA) is 24.1 Å². The molecule has 1 aliphatic heterocycles. The average Bonchev–Trinajstić information content (AvgIpc) is 2.05. The molecule has 2 N–H and O–H groups in total. The zero-order valence-corrected chi connectivity index (χ0v) is 8.40. The van der Waals surface area contributed by atoms with Gasteiger partial charge in [0.1, 0.15) is 0 Å². The maximum Gasteiger partial charge on any atom is 0.00103 e. The number of hydrogen-bond acceptors (Lipinski definition) is 2. The SMILES string of the molecule is CC(C)NCC[C@@H]1CCCNC1. The lowest BCUT2D eigenvalue weighted by Crippen LogP contribution is -2.33. The first-order valence-corrected chi connectivity index (χ1v) is 5.23. The molecular formula is C10H22N2. The summed E-state index contributed by atoms with van der Waals surface area (Å²) in [7, 11) is 0. The van der Waals surface area contributed by atoms with Crippen molar-refractivity contribution in [1.82, 2.24) is 10.6 Å². The molecule has 1 aliphatic rings. The van der Waals surface area contributed by atoms with E-state index >= 15 is 0 Å². The van der Waals surface area contributed by atoms with Crippen LogP contribution in [0.5, 0.6) is 0 Å². The van der Waals surface area contributed by atoms with Crippen LogP contribution in [-0.2, 0) is 0 Å². The van der Waals surface area contributed by atoms with Crippen LogP contribution in [0.25, 0.3) is 0 Å². The highest BCUT2D eigenvalue weighted by Gasteiger charge is 2.11. The Balaban J connectivity index is 1.98. The smallest absolute Gasteiger partial charge is 0.00103 e. The summed E-state index contributed by atoms with van der Waals surface area (Å²) < 4.78 is 0. The predicted molar refractivity (Wildman–Crippen MR) is 53.3 cm³/mol. The fourth-order valence-electron chi connectivity index (χ4n) is 1.75. The lowest BCUT2D eigenvalue weighted by Gasteiger charge is -2.23. The van der Waals surface area contributed by atoms with E-state index in [4.69, 9.17) is 0 Å². The third kappa shape index (κ3) is 4.07. The Hall–Kier alpha value is -0.0800. The molecule has 2 nitrogen and oxygen atoms in total. The van der Waals surface area contributed by atoms with Gasteiger partial charge in [-0.25, -0.2) is 0 Å². The standard InChI is InChI=1S/C10H22N2/c1-9(2)12-7-5-10-4-3-6-11-8-10/h9-12H,3-8H2,1-2H3/t10-/m0/s1. The van der Waals surface area contributed by atoms with E-state index in [9.17, 15) is 0 Å². The Labute approximate surface area is 76.1 Å². The van der Waals surface area contributed by atoms with Gasteiger partial charge in [0, 0.05) is 6.04 Å². The van der Waals surface area contributed by atoms with Crippen LogP contribution in [0, 0.1) is 5.92 Å². The minimum atomic E-state index is 0.640. The lowest BCUT2D eigenvalue weighted by atomic mass is 9.96. The van der Waals surface area contributed by atoms with Crippen LogP contribution in [0.4, 0.5) is 0 Å². The first-order valence-electron chi connectivity index (χ1n) is 5.23. The van der Waals surface area contributed by atoms with Crippen molar-refractivity contribution in [3.63, 3.8) is 0 Å². The average molecular weight is 170 g/mol. The minimum Gasteiger partial charge on any atom is -0.316 e. The fraction of sp³-hybridized carbons (Fsp3) is 1.00. The van der Waals surface area contributed by atoms with E-state index in [1.807, 2.05) is 0 Å². The third-order valence-corrected chi connectivity index (χ3v) is 2.50. The van der Waals surface area contributed by atoms with E-state index < -0.39 is 0 Å². The Bertz CT molecular complexity index is 106. The summed E-state index contributed by atoms with van der Waals surface area (Å²) in [4.78, 5) is 0. The summed E-state index contributed by atoms with van der Waals surface area (Å²) in [6.07, 6.45) is 4.13. The summed E-state index contributed by atoms with van der Waals surface area (Å²) >= 11 is 0. The molecule has 12 heavy (non-hydrogen) atoms. The number of rotatable bonds is 4. The maximum absolute atomic E-state index is 3.46. The lowest BCUT2D eigenvalue weighted by molar-refractivity contribution is 0.348. The largest absolute Gasteiger partial charge is 0.316 e. The highest BCUT2D eigenvalue weighted by molar-refractivity contribution is 4.70. The Morgan fingerprint density at radius 1 is 1.50 bits per heavy atom. The van der Waals surface area contributed by atoms with Gasteiger partial charge in [0.15, 0.2) is 0 Å². The van der Waals surface area contributed by atoms with Crippen LogP contribution in [0.15, 0.2) is 0 Å². The minimum absolute atomic E-state index is 0.640. The van der Waals surface area contributed by atoms with Gasteiger partial charge in [0.25, 0.3) is 0 Å². The fourth-order valence-corrected chi connectivity index (χ4v) is 1.75. The Morgan fingerprint density at radius 3 is 2.92 bits per heavy atom. The van der Waals surface area contributed by atoms with Gasteiger partial charge in [0.2, 0.25) is 0 Å².